The van der Waals surface area contributed by atoms with Crippen molar-refractivity contribution in [1.29, 1.82) is 5.26 Å². The molecule has 0 atom stereocenters. The first-order chi connectivity index (χ1) is 4.34. The Morgan fingerprint density at radius 3 is 2.44 bits per heavy atom. The molecule has 0 unspecified atom stereocenters. The number of rotatable bonds is 0. The number of para-hydroxylation sites is 1. The lowest BCUT2D eigenvalue weighted by molar-refractivity contribution is 0.353. The zero-order valence-corrected chi connectivity index (χ0v) is 4.66. The number of benzene rings is 1. The van der Waals surface area contributed by atoms with E-state index in [-0.39, 0.29) is 11.3 Å². The van der Waals surface area contributed by atoms with Crippen molar-refractivity contribution in [2.45, 2.75) is 0 Å². The zero-order chi connectivity index (χ0) is 6.69. The molecular formula is C7H4NO. The Morgan fingerprint density at radius 1 is 1.33 bits per heavy atom. The second kappa shape index (κ2) is 2.19. The van der Waals surface area contributed by atoms with Crippen LogP contribution in [0, 0.1) is 11.3 Å². The largest absolute Gasteiger partial charge is 0.288 e. The van der Waals surface area contributed by atoms with Crippen LogP contribution in [0.25, 0.3) is 0 Å². The average molecular weight is 118 g/mol. The van der Waals surface area contributed by atoms with Crippen molar-refractivity contribution in [3.63, 3.8) is 0 Å². The summed E-state index contributed by atoms with van der Waals surface area (Å²) in [5.41, 5.74) is 0.206. The Bertz CT molecular complexity index is 249. The van der Waals surface area contributed by atoms with E-state index in [1.165, 1.54) is 12.1 Å². The van der Waals surface area contributed by atoms with Gasteiger partial charge in [-0.1, -0.05) is 12.1 Å². The van der Waals surface area contributed by atoms with Crippen LogP contribution in [-0.4, -0.2) is 0 Å². The minimum atomic E-state index is -0.208. The van der Waals surface area contributed by atoms with Gasteiger partial charge in [-0.2, -0.15) is 5.26 Å². The Morgan fingerprint density at radius 2 is 2.00 bits per heavy atom. The van der Waals surface area contributed by atoms with E-state index in [4.69, 9.17) is 5.26 Å². The Hall–Kier alpha value is -1.49. The fourth-order valence-corrected chi connectivity index (χ4v) is 0.559. The maximum atomic E-state index is 10.6. The fraction of sp³-hybridized carbons (Fsp3) is 0. The topological polar surface area (TPSA) is 43.7 Å². The van der Waals surface area contributed by atoms with E-state index in [2.05, 4.69) is 0 Å². The van der Waals surface area contributed by atoms with Gasteiger partial charge in [-0.15, -0.1) is 0 Å². The highest BCUT2D eigenvalue weighted by atomic mass is 16.3. The monoisotopic (exact) mass is 118 g/mol. The van der Waals surface area contributed by atoms with Gasteiger partial charge < -0.3 is 0 Å². The minimum Gasteiger partial charge on any atom is -0.288 e. The predicted molar refractivity (Wildman–Crippen MR) is 31.3 cm³/mol. The van der Waals surface area contributed by atoms with Crippen molar-refractivity contribution in [2.75, 3.05) is 0 Å². The highest BCUT2D eigenvalue weighted by molar-refractivity contribution is 5.40. The van der Waals surface area contributed by atoms with Crippen LogP contribution < -0.4 is 0 Å². The van der Waals surface area contributed by atoms with Crippen LogP contribution in [0.5, 0.6) is 5.75 Å². The summed E-state index contributed by atoms with van der Waals surface area (Å²) in [6.07, 6.45) is 0. The highest BCUT2D eigenvalue weighted by Gasteiger charge is 1.96. The number of hydrogen-bond donors (Lipinski definition) is 0. The Balaban J connectivity index is 3.20. The van der Waals surface area contributed by atoms with E-state index in [1.807, 2.05) is 0 Å². The summed E-state index contributed by atoms with van der Waals surface area (Å²) in [6.45, 7) is 0. The van der Waals surface area contributed by atoms with Crippen LogP contribution in [0.1, 0.15) is 5.56 Å². The number of hydrogen-bond acceptors (Lipinski definition) is 1. The van der Waals surface area contributed by atoms with Gasteiger partial charge in [0.25, 0.3) is 0 Å². The molecule has 0 heterocycles. The highest BCUT2D eigenvalue weighted by Crippen LogP contribution is 2.13. The summed E-state index contributed by atoms with van der Waals surface area (Å²) in [5, 5.41) is 18.9. The number of nitrogens with zero attached hydrogens (tertiary/aromatic N) is 1. The molecule has 43 valence electrons. The van der Waals surface area contributed by atoms with Gasteiger partial charge in [0.05, 0.1) is 5.56 Å². The maximum absolute atomic E-state index is 10.6. The lowest BCUT2D eigenvalue weighted by Gasteiger charge is -1.85. The lowest BCUT2D eigenvalue weighted by Crippen LogP contribution is -1.70. The van der Waals surface area contributed by atoms with Crippen molar-refractivity contribution in [2.24, 2.45) is 0 Å². The molecule has 0 aliphatic heterocycles. The Kier molecular flexibility index (Phi) is 1.37. The van der Waals surface area contributed by atoms with Crippen LogP contribution in [0.3, 0.4) is 0 Å². The van der Waals surface area contributed by atoms with Crippen LogP contribution in [0.4, 0.5) is 0 Å². The molecule has 0 saturated heterocycles. The molecule has 0 saturated carbocycles. The van der Waals surface area contributed by atoms with E-state index in [9.17, 15) is 5.11 Å². The van der Waals surface area contributed by atoms with Gasteiger partial charge in [0, 0.05) is 0 Å². The van der Waals surface area contributed by atoms with Crippen LogP contribution >= 0.6 is 0 Å². The molecule has 1 aromatic rings. The molecule has 2 heteroatoms. The summed E-state index contributed by atoms with van der Waals surface area (Å²) in [5.74, 6) is -0.208. The number of nitriles is 1. The predicted octanol–water partition coefficient (Wildman–Crippen LogP) is 1.70. The first-order valence-corrected chi connectivity index (χ1v) is 2.51. The summed E-state index contributed by atoms with van der Waals surface area (Å²) < 4.78 is 0. The normalized spacial score (nSPS) is 8.33. The van der Waals surface area contributed by atoms with Gasteiger partial charge >= 0.3 is 0 Å². The van der Waals surface area contributed by atoms with E-state index >= 15 is 0 Å². The summed E-state index contributed by atoms with van der Waals surface area (Å²) >= 11 is 0. The zero-order valence-electron chi connectivity index (χ0n) is 4.66. The molecule has 0 bridgehead atoms. The molecule has 0 fully saturated rings. The third-order valence-corrected chi connectivity index (χ3v) is 1.01. The third kappa shape index (κ3) is 1.000. The summed E-state index contributed by atoms with van der Waals surface area (Å²) in [4.78, 5) is 0. The van der Waals surface area contributed by atoms with Crippen molar-refractivity contribution >= 4 is 0 Å². The Labute approximate surface area is 53.0 Å². The van der Waals surface area contributed by atoms with Crippen LogP contribution in [0.2, 0.25) is 0 Å². The summed E-state index contributed by atoms with van der Waals surface area (Å²) in [6, 6.07) is 7.94. The van der Waals surface area contributed by atoms with Gasteiger partial charge in [0.15, 0.2) is 5.75 Å². The van der Waals surface area contributed by atoms with Gasteiger partial charge in [-0.3, -0.25) is 5.11 Å². The molecule has 0 aliphatic rings. The van der Waals surface area contributed by atoms with Gasteiger partial charge in [0.1, 0.15) is 6.07 Å². The molecule has 0 aromatic heterocycles. The van der Waals surface area contributed by atoms with Crippen molar-refractivity contribution in [3.05, 3.63) is 29.8 Å². The molecular weight excluding hydrogens is 114 g/mol. The maximum Gasteiger partial charge on any atom is 0.196 e. The third-order valence-electron chi connectivity index (χ3n) is 1.01. The SMILES string of the molecule is N#Cc1ccccc1[O]. The van der Waals surface area contributed by atoms with E-state index < -0.39 is 0 Å². The van der Waals surface area contributed by atoms with Crippen molar-refractivity contribution in [1.82, 2.24) is 0 Å². The minimum absolute atomic E-state index is 0.206. The molecule has 0 aliphatic carbocycles. The molecule has 9 heavy (non-hydrogen) atoms. The van der Waals surface area contributed by atoms with Gasteiger partial charge in [0.2, 0.25) is 0 Å². The van der Waals surface area contributed by atoms with E-state index in [0.717, 1.165) is 0 Å². The van der Waals surface area contributed by atoms with Crippen LogP contribution in [0.15, 0.2) is 24.3 Å². The summed E-state index contributed by atoms with van der Waals surface area (Å²) in [7, 11) is 0. The second-order valence-corrected chi connectivity index (χ2v) is 1.61. The molecule has 1 rings (SSSR count). The van der Waals surface area contributed by atoms with Gasteiger partial charge in [-0.05, 0) is 12.1 Å². The lowest BCUT2D eigenvalue weighted by atomic mass is 10.2. The van der Waals surface area contributed by atoms with Crippen molar-refractivity contribution < 1.29 is 5.11 Å². The first-order valence-electron chi connectivity index (χ1n) is 2.51. The standard InChI is InChI=1S/C7H4NO/c8-5-6-3-1-2-4-7(6)9/h1-4H. The average Bonchev–Trinajstić information content (AvgIpc) is 1.89. The quantitative estimate of drug-likeness (QED) is 0.511. The molecule has 1 radical (unpaired) electrons. The molecule has 1 aromatic carbocycles. The molecule has 0 amide bonds. The first kappa shape index (κ1) is 5.64. The smallest absolute Gasteiger partial charge is 0.196 e. The van der Waals surface area contributed by atoms with E-state index in [1.54, 1.807) is 18.2 Å². The van der Waals surface area contributed by atoms with Crippen LogP contribution in [-0.2, 0) is 5.11 Å². The van der Waals surface area contributed by atoms with Crippen molar-refractivity contribution in [3.8, 4) is 11.8 Å². The second-order valence-electron chi connectivity index (χ2n) is 1.61. The van der Waals surface area contributed by atoms with E-state index in [0.29, 0.717) is 0 Å². The molecule has 2 nitrogen and oxygen atoms in total. The molecule has 0 N–H and O–H groups in total. The molecule has 0 spiro atoms. The fourth-order valence-electron chi connectivity index (χ4n) is 0.559. The van der Waals surface area contributed by atoms with Gasteiger partial charge in [-0.25, -0.2) is 0 Å².